The van der Waals surface area contributed by atoms with Crippen LogP contribution in [0.15, 0.2) is 12.1 Å². The van der Waals surface area contributed by atoms with Crippen molar-refractivity contribution in [3.05, 3.63) is 28.8 Å². The SMILES string of the molecule is COc1c(C)cc(C)cc1CCC(C)C(=O)O. The van der Waals surface area contributed by atoms with Crippen molar-refractivity contribution in [1.82, 2.24) is 0 Å². The van der Waals surface area contributed by atoms with Gasteiger partial charge in [0.05, 0.1) is 13.0 Å². The van der Waals surface area contributed by atoms with Gasteiger partial charge in [0.25, 0.3) is 0 Å². The first kappa shape index (κ1) is 13.6. The van der Waals surface area contributed by atoms with Crippen LogP contribution in [0.1, 0.15) is 30.0 Å². The Morgan fingerprint density at radius 2 is 2.06 bits per heavy atom. The number of aliphatic carboxylic acids is 1. The number of hydrogen-bond acceptors (Lipinski definition) is 2. The van der Waals surface area contributed by atoms with Crippen molar-refractivity contribution in [1.29, 1.82) is 0 Å². The first-order valence-corrected chi connectivity index (χ1v) is 5.82. The van der Waals surface area contributed by atoms with E-state index in [2.05, 4.69) is 12.1 Å². The van der Waals surface area contributed by atoms with Gasteiger partial charge in [-0.25, -0.2) is 0 Å². The molecule has 94 valence electrons. The van der Waals surface area contributed by atoms with Gasteiger partial charge in [0.2, 0.25) is 0 Å². The molecule has 3 nitrogen and oxygen atoms in total. The Morgan fingerprint density at radius 3 is 2.59 bits per heavy atom. The molecular weight excluding hydrogens is 216 g/mol. The standard InChI is InChI=1S/C14H20O3/c1-9-7-11(3)13(17-4)12(8-9)6-5-10(2)14(15)16/h7-8,10H,5-6H2,1-4H3,(H,15,16). The highest BCUT2D eigenvalue weighted by molar-refractivity contribution is 5.69. The van der Waals surface area contributed by atoms with E-state index in [1.165, 1.54) is 5.56 Å². The largest absolute Gasteiger partial charge is 0.496 e. The third-order valence-electron chi connectivity index (χ3n) is 2.97. The van der Waals surface area contributed by atoms with Crippen LogP contribution in [-0.4, -0.2) is 18.2 Å². The molecule has 0 amide bonds. The van der Waals surface area contributed by atoms with Gasteiger partial charge < -0.3 is 9.84 Å². The molecular formula is C14H20O3. The van der Waals surface area contributed by atoms with Crippen molar-refractivity contribution in [3.63, 3.8) is 0 Å². The zero-order valence-electron chi connectivity index (χ0n) is 10.9. The van der Waals surface area contributed by atoms with Crippen LogP contribution in [0.4, 0.5) is 0 Å². The minimum atomic E-state index is -0.742. The van der Waals surface area contributed by atoms with E-state index >= 15 is 0 Å². The first-order chi connectivity index (χ1) is 7.95. The van der Waals surface area contributed by atoms with E-state index in [1.54, 1.807) is 14.0 Å². The predicted octanol–water partition coefficient (Wildman–Crippen LogP) is 2.97. The molecule has 0 saturated carbocycles. The second kappa shape index (κ2) is 5.71. The number of rotatable bonds is 5. The summed E-state index contributed by atoms with van der Waals surface area (Å²) in [5.74, 6) is -0.179. The molecule has 1 rings (SSSR count). The predicted molar refractivity (Wildman–Crippen MR) is 67.6 cm³/mol. The van der Waals surface area contributed by atoms with E-state index in [9.17, 15) is 4.79 Å². The van der Waals surface area contributed by atoms with Crippen LogP contribution in [-0.2, 0) is 11.2 Å². The number of carbonyl (C=O) groups is 1. The Hall–Kier alpha value is -1.51. The number of hydrogen-bond donors (Lipinski definition) is 1. The molecule has 0 aliphatic carbocycles. The van der Waals surface area contributed by atoms with E-state index in [1.807, 2.05) is 13.8 Å². The van der Waals surface area contributed by atoms with E-state index in [0.717, 1.165) is 23.3 Å². The maximum absolute atomic E-state index is 10.8. The van der Waals surface area contributed by atoms with Gasteiger partial charge in [0.1, 0.15) is 5.75 Å². The van der Waals surface area contributed by atoms with E-state index in [4.69, 9.17) is 9.84 Å². The zero-order chi connectivity index (χ0) is 13.0. The minimum absolute atomic E-state index is 0.319. The molecule has 0 aliphatic rings. The number of methoxy groups -OCH3 is 1. The molecule has 1 atom stereocenters. The molecule has 0 aliphatic heterocycles. The summed E-state index contributed by atoms with van der Waals surface area (Å²) in [7, 11) is 1.65. The maximum Gasteiger partial charge on any atom is 0.306 e. The molecule has 17 heavy (non-hydrogen) atoms. The molecule has 0 spiro atoms. The Morgan fingerprint density at radius 1 is 1.41 bits per heavy atom. The van der Waals surface area contributed by atoms with Crippen molar-refractivity contribution >= 4 is 5.97 Å². The second-order valence-electron chi connectivity index (χ2n) is 4.55. The number of benzene rings is 1. The second-order valence-corrected chi connectivity index (χ2v) is 4.55. The highest BCUT2D eigenvalue weighted by Gasteiger charge is 2.13. The molecule has 1 aromatic rings. The highest BCUT2D eigenvalue weighted by atomic mass is 16.5. The van der Waals surface area contributed by atoms with Gasteiger partial charge >= 0.3 is 5.97 Å². The summed E-state index contributed by atoms with van der Waals surface area (Å²) in [6.07, 6.45) is 1.37. The molecule has 3 heteroatoms. The lowest BCUT2D eigenvalue weighted by Crippen LogP contribution is -2.10. The maximum atomic E-state index is 10.8. The van der Waals surface area contributed by atoms with Crippen LogP contribution < -0.4 is 4.74 Å². The third-order valence-corrected chi connectivity index (χ3v) is 2.97. The smallest absolute Gasteiger partial charge is 0.306 e. The van der Waals surface area contributed by atoms with Crippen molar-refractivity contribution in [2.75, 3.05) is 7.11 Å². The van der Waals surface area contributed by atoms with Gasteiger partial charge in [-0.3, -0.25) is 4.79 Å². The summed E-state index contributed by atoms with van der Waals surface area (Å²) in [4.78, 5) is 10.8. The normalized spacial score (nSPS) is 12.2. The summed E-state index contributed by atoms with van der Waals surface area (Å²) in [6, 6.07) is 4.14. The van der Waals surface area contributed by atoms with Gasteiger partial charge in [-0.15, -0.1) is 0 Å². The van der Waals surface area contributed by atoms with Crippen LogP contribution in [0.25, 0.3) is 0 Å². The van der Waals surface area contributed by atoms with Gasteiger partial charge in [0, 0.05) is 0 Å². The van der Waals surface area contributed by atoms with Crippen molar-refractivity contribution in [2.24, 2.45) is 5.92 Å². The number of aryl methyl sites for hydroxylation is 3. The van der Waals surface area contributed by atoms with Gasteiger partial charge in [-0.05, 0) is 37.8 Å². The number of carboxylic acids is 1. The molecule has 1 unspecified atom stereocenters. The minimum Gasteiger partial charge on any atom is -0.496 e. The number of carboxylic acid groups (broad SMARTS) is 1. The van der Waals surface area contributed by atoms with Gasteiger partial charge in [-0.2, -0.15) is 0 Å². The Bertz CT molecular complexity index is 410. The van der Waals surface area contributed by atoms with E-state index in [-0.39, 0.29) is 5.92 Å². The van der Waals surface area contributed by atoms with E-state index in [0.29, 0.717) is 6.42 Å². The molecule has 0 saturated heterocycles. The molecule has 0 aromatic heterocycles. The molecule has 1 aromatic carbocycles. The van der Waals surface area contributed by atoms with Crippen LogP contribution >= 0.6 is 0 Å². The summed E-state index contributed by atoms with van der Waals surface area (Å²) in [5.41, 5.74) is 3.38. The zero-order valence-corrected chi connectivity index (χ0v) is 10.9. The topological polar surface area (TPSA) is 46.5 Å². The highest BCUT2D eigenvalue weighted by Crippen LogP contribution is 2.27. The Labute approximate surface area is 102 Å². The summed E-state index contributed by atoms with van der Waals surface area (Å²) >= 11 is 0. The van der Waals surface area contributed by atoms with Crippen LogP contribution in [0.5, 0.6) is 5.75 Å². The lowest BCUT2D eigenvalue weighted by molar-refractivity contribution is -0.141. The molecule has 0 radical (unpaired) electrons. The van der Waals surface area contributed by atoms with Crippen molar-refractivity contribution in [3.8, 4) is 5.75 Å². The Balaban J connectivity index is 2.86. The first-order valence-electron chi connectivity index (χ1n) is 5.82. The molecule has 1 N–H and O–H groups in total. The van der Waals surface area contributed by atoms with Crippen LogP contribution in [0.2, 0.25) is 0 Å². The van der Waals surface area contributed by atoms with Crippen LogP contribution in [0.3, 0.4) is 0 Å². The summed E-state index contributed by atoms with van der Waals surface area (Å²) in [6.45, 7) is 5.78. The molecule has 0 bridgehead atoms. The van der Waals surface area contributed by atoms with Crippen molar-refractivity contribution in [2.45, 2.75) is 33.6 Å². The fraction of sp³-hybridized carbons (Fsp3) is 0.500. The third kappa shape index (κ3) is 3.48. The van der Waals surface area contributed by atoms with Gasteiger partial charge in [-0.1, -0.05) is 24.6 Å². The molecule has 0 fully saturated rings. The number of ether oxygens (including phenoxy) is 1. The summed E-state index contributed by atoms with van der Waals surface area (Å²) in [5, 5.41) is 8.86. The van der Waals surface area contributed by atoms with E-state index < -0.39 is 5.97 Å². The lowest BCUT2D eigenvalue weighted by Gasteiger charge is -2.13. The van der Waals surface area contributed by atoms with Crippen molar-refractivity contribution < 1.29 is 14.6 Å². The lowest BCUT2D eigenvalue weighted by atomic mass is 9.97. The molecule has 0 heterocycles. The fourth-order valence-corrected chi connectivity index (χ4v) is 2.02. The quantitative estimate of drug-likeness (QED) is 0.855. The average molecular weight is 236 g/mol. The monoisotopic (exact) mass is 236 g/mol. The van der Waals surface area contributed by atoms with Gasteiger partial charge in [0.15, 0.2) is 0 Å². The van der Waals surface area contributed by atoms with Crippen LogP contribution in [0, 0.1) is 19.8 Å². The summed E-state index contributed by atoms with van der Waals surface area (Å²) < 4.78 is 5.38. The fourth-order valence-electron chi connectivity index (χ4n) is 2.02. The Kier molecular flexibility index (Phi) is 4.55. The average Bonchev–Trinajstić information content (AvgIpc) is 2.24.